The minimum atomic E-state index is -1.10. The van der Waals surface area contributed by atoms with Crippen LogP contribution in [-0.4, -0.2) is 21.7 Å². The summed E-state index contributed by atoms with van der Waals surface area (Å²) in [5.41, 5.74) is 1.25. The summed E-state index contributed by atoms with van der Waals surface area (Å²) in [5.74, 6) is -2.47. The highest BCUT2D eigenvalue weighted by atomic mass is 19.1. The van der Waals surface area contributed by atoms with Gasteiger partial charge in [-0.25, -0.2) is 13.6 Å². The smallest absolute Gasteiger partial charge is 0.352 e. The second kappa shape index (κ2) is 7.12. The number of aromatic carboxylic acids is 1. The highest BCUT2D eigenvalue weighted by Crippen LogP contribution is 2.29. The summed E-state index contributed by atoms with van der Waals surface area (Å²) in [4.78, 5) is 12.1. The maximum absolute atomic E-state index is 14.2. The number of halogens is 2. The van der Waals surface area contributed by atoms with Crippen LogP contribution in [0.3, 0.4) is 0 Å². The Kier molecular flexibility index (Phi) is 4.66. The first-order valence-corrected chi connectivity index (χ1v) is 9.06. The van der Waals surface area contributed by atoms with Gasteiger partial charge in [-0.15, -0.1) is 0 Å². The van der Waals surface area contributed by atoms with Crippen molar-refractivity contribution in [1.82, 2.24) is 9.88 Å². The van der Waals surface area contributed by atoms with Crippen molar-refractivity contribution in [2.75, 3.05) is 0 Å². The monoisotopic (exact) mass is 370 g/mol. The first-order valence-electron chi connectivity index (χ1n) is 9.06. The lowest BCUT2D eigenvalue weighted by Gasteiger charge is -2.26. The van der Waals surface area contributed by atoms with Gasteiger partial charge in [0.15, 0.2) is 0 Å². The molecule has 2 aromatic carbocycles. The van der Waals surface area contributed by atoms with Gasteiger partial charge in [0.2, 0.25) is 0 Å². The Morgan fingerprint density at radius 3 is 2.41 bits per heavy atom. The van der Waals surface area contributed by atoms with E-state index >= 15 is 0 Å². The molecule has 1 aliphatic carbocycles. The third kappa shape index (κ3) is 3.21. The zero-order valence-electron chi connectivity index (χ0n) is 14.7. The van der Waals surface area contributed by atoms with E-state index in [1.54, 1.807) is 12.1 Å². The lowest BCUT2D eigenvalue weighted by atomic mass is 9.93. The number of benzene rings is 2. The maximum Gasteiger partial charge on any atom is 0.352 e. The van der Waals surface area contributed by atoms with E-state index in [-0.39, 0.29) is 17.8 Å². The summed E-state index contributed by atoms with van der Waals surface area (Å²) in [7, 11) is 0. The molecule has 1 aliphatic rings. The summed E-state index contributed by atoms with van der Waals surface area (Å²) in [5, 5.41) is 14.1. The molecule has 1 aromatic heterocycles. The third-order valence-electron chi connectivity index (χ3n) is 5.33. The second-order valence-corrected chi connectivity index (χ2v) is 6.94. The van der Waals surface area contributed by atoms with Crippen LogP contribution in [0, 0.1) is 11.6 Å². The van der Waals surface area contributed by atoms with E-state index in [9.17, 15) is 18.7 Å². The van der Waals surface area contributed by atoms with Gasteiger partial charge in [0, 0.05) is 34.6 Å². The molecule has 140 valence electrons. The molecule has 0 amide bonds. The van der Waals surface area contributed by atoms with Gasteiger partial charge in [-0.05, 0) is 31.0 Å². The highest BCUT2D eigenvalue weighted by Gasteiger charge is 2.25. The van der Waals surface area contributed by atoms with Crippen molar-refractivity contribution in [2.24, 2.45) is 0 Å². The summed E-state index contributed by atoms with van der Waals surface area (Å²) >= 11 is 0. The zero-order chi connectivity index (χ0) is 19.0. The molecular formula is C21H20F2N2O2. The van der Waals surface area contributed by atoms with E-state index in [1.807, 2.05) is 12.1 Å². The predicted molar refractivity (Wildman–Crippen MR) is 98.8 cm³/mol. The summed E-state index contributed by atoms with van der Waals surface area (Å²) < 4.78 is 29.8. The van der Waals surface area contributed by atoms with Gasteiger partial charge in [-0.1, -0.05) is 30.7 Å². The van der Waals surface area contributed by atoms with Gasteiger partial charge < -0.3 is 15.0 Å². The van der Waals surface area contributed by atoms with Gasteiger partial charge in [0.1, 0.15) is 17.3 Å². The van der Waals surface area contributed by atoms with Crippen molar-refractivity contribution in [3.05, 3.63) is 70.9 Å². The number of para-hydroxylation sites is 1. The van der Waals surface area contributed by atoms with E-state index in [1.165, 1.54) is 29.2 Å². The average molecular weight is 370 g/mol. The molecule has 0 saturated heterocycles. The van der Waals surface area contributed by atoms with Crippen molar-refractivity contribution in [3.63, 3.8) is 0 Å². The SMILES string of the molecule is O=C(O)c1c(CNC2CCC2)c2ccccc2n1Cc1c(F)cccc1F. The van der Waals surface area contributed by atoms with Gasteiger partial charge in [-0.2, -0.15) is 0 Å². The molecule has 4 nitrogen and oxygen atoms in total. The summed E-state index contributed by atoms with van der Waals surface area (Å²) in [6.07, 6.45) is 3.35. The van der Waals surface area contributed by atoms with Crippen LogP contribution in [0.25, 0.3) is 10.9 Å². The molecule has 0 spiro atoms. The average Bonchev–Trinajstić information content (AvgIpc) is 2.91. The Morgan fingerprint density at radius 2 is 1.78 bits per heavy atom. The number of nitrogens with one attached hydrogen (secondary N) is 1. The van der Waals surface area contributed by atoms with Crippen molar-refractivity contribution in [3.8, 4) is 0 Å². The first kappa shape index (κ1) is 17.7. The number of fused-ring (bicyclic) bond motifs is 1. The van der Waals surface area contributed by atoms with Crippen LogP contribution >= 0.6 is 0 Å². The molecule has 1 fully saturated rings. The third-order valence-corrected chi connectivity index (χ3v) is 5.33. The first-order chi connectivity index (χ1) is 13.1. The number of rotatable bonds is 6. The van der Waals surface area contributed by atoms with Crippen LogP contribution in [0.2, 0.25) is 0 Å². The fraction of sp³-hybridized carbons (Fsp3) is 0.286. The Labute approximate surface area is 155 Å². The number of carboxylic acid groups (broad SMARTS) is 1. The minimum absolute atomic E-state index is 0.0747. The molecule has 0 atom stereocenters. The maximum atomic E-state index is 14.2. The number of carboxylic acids is 1. The van der Waals surface area contributed by atoms with Crippen molar-refractivity contribution in [2.45, 2.75) is 38.4 Å². The molecule has 1 saturated carbocycles. The molecule has 2 N–H and O–H groups in total. The van der Waals surface area contributed by atoms with Gasteiger partial charge in [0.25, 0.3) is 0 Å². The van der Waals surface area contributed by atoms with Crippen LogP contribution in [-0.2, 0) is 13.1 Å². The standard InChI is InChI=1S/C21H20F2N2O2/c22-17-8-4-9-18(23)16(17)12-25-19-10-2-1-7-14(19)15(20(25)21(26)27)11-24-13-5-3-6-13/h1-2,4,7-10,13,24H,3,5-6,11-12H2,(H,26,27). The molecule has 0 radical (unpaired) electrons. The number of hydrogen-bond acceptors (Lipinski definition) is 2. The highest BCUT2D eigenvalue weighted by molar-refractivity contribution is 5.98. The van der Waals surface area contributed by atoms with Crippen LogP contribution in [0.4, 0.5) is 8.78 Å². The largest absolute Gasteiger partial charge is 0.477 e. The molecule has 6 heteroatoms. The minimum Gasteiger partial charge on any atom is -0.477 e. The fourth-order valence-electron chi connectivity index (χ4n) is 3.66. The topological polar surface area (TPSA) is 54.3 Å². The van der Waals surface area contributed by atoms with Crippen molar-refractivity contribution >= 4 is 16.9 Å². The molecule has 27 heavy (non-hydrogen) atoms. The molecule has 3 aromatic rings. The Morgan fingerprint density at radius 1 is 1.07 bits per heavy atom. The summed E-state index contributed by atoms with van der Waals surface area (Å²) in [6.45, 7) is 0.240. The van der Waals surface area contributed by atoms with Crippen LogP contribution in [0.1, 0.15) is 40.9 Å². The quantitative estimate of drug-likeness (QED) is 0.680. The zero-order valence-corrected chi connectivity index (χ0v) is 14.7. The van der Waals surface area contributed by atoms with Crippen LogP contribution in [0.15, 0.2) is 42.5 Å². The second-order valence-electron chi connectivity index (χ2n) is 6.94. The van der Waals surface area contributed by atoms with E-state index in [2.05, 4.69) is 5.32 Å². The van der Waals surface area contributed by atoms with Gasteiger partial charge in [-0.3, -0.25) is 0 Å². The van der Waals surface area contributed by atoms with Crippen molar-refractivity contribution in [1.29, 1.82) is 0 Å². The van der Waals surface area contributed by atoms with Crippen molar-refractivity contribution < 1.29 is 18.7 Å². The predicted octanol–water partition coefficient (Wildman–Crippen LogP) is 4.31. The lowest BCUT2D eigenvalue weighted by Crippen LogP contribution is -2.34. The number of aromatic nitrogens is 1. The Bertz CT molecular complexity index is 989. The normalized spacial score (nSPS) is 14.4. The number of carbonyl (C=O) groups is 1. The number of hydrogen-bond donors (Lipinski definition) is 2. The molecule has 0 bridgehead atoms. The van der Waals surface area contributed by atoms with Gasteiger partial charge >= 0.3 is 5.97 Å². The van der Waals surface area contributed by atoms with Crippen LogP contribution < -0.4 is 5.32 Å². The molecule has 1 heterocycles. The molecule has 0 unspecified atom stereocenters. The number of nitrogens with zero attached hydrogens (tertiary/aromatic N) is 1. The Hall–Kier alpha value is -2.73. The van der Waals surface area contributed by atoms with E-state index < -0.39 is 17.6 Å². The van der Waals surface area contributed by atoms with E-state index in [0.29, 0.717) is 23.7 Å². The molecule has 4 rings (SSSR count). The van der Waals surface area contributed by atoms with E-state index in [4.69, 9.17) is 0 Å². The Balaban J connectivity index is 1.83. The lowest BCUT2D eigenvalue weighted by molar-refractivity contribution is 0.0684. The fourth-order valence-corrected chi connectivity index (χ4v) is 3.66. The van der Waals surface area contributed by atoms with Crippen LogP contribution in [0.5, 0.6) is 0 Å². The summed E-state index contributed by atoms with van der Waals surface area (Å²) in [6, 6.07) is 11.3. The molecular weight excluding hydrogens is 350 g/mol. The van der Waals surface area contributed by atoms with Gasteiger partial charge in [0.05, 0.1) is 6.54 Å². The van der Waals surface area contributed by atoms with E-state index in [0.717, 1.165) is 18.2 Å². The molecule has 0 aliphatic heterocycles.